The zero-order chi connectivity index (χ0) is 20.5. The van der Waals surface area contributed by atoms with E-state index in [0.717, 1.165) is 42.1 Å². The molecular formula is C23H24N6O. The van der Waals surface area contributed by atoms with Gasteiger partial charge in [0.15, 0.2) is 11.5 Å². The number of aryl methyl sites for hydroxylation is 1. The van der Waals surface area contributed by atoms with Crippen molar-refractivity contribution in [3.8, 4) is 5.69 Å². The first-order valence-corrected chi connectivity index (χ1v) is 10.3. The van der Waals surface area contributed by atoms with Gasteiger partial charge in [0.2, 0.25) is 0 Å². The zero-order valence-electron chi connectivity index (χ0n) is 16.9. The van der Waals surface area contributed by atoms with E-state index in [4.69, 9.17) is 0 Å². The van der Waals surface area contributed by atoms with E-state index in [-0.39, 0.29) is 5.91 Å². The topological polar surface area (TPSA) is 67.5 Å². The molecule has 1 aliphatic heterocycles. The van der Waals surface area contributed by atoms with Crippen LogP contribution in [0, 0.1) is 12.8 Å². The summed E-state index contributed by atoms with van der Waals surface area (Å²) in [5.74, 6) is 1.27. The van der Waals surface area contributed by atoms with Crippen LogP contribution in [0.4, 0.5) is 5.82 Å². The molecule has 7 heteroatoms. The van der Waals surface area contributed by atoms with Crippen molar-refractivity contribution >= 4 is 17.2 Å². The summed E-state index contributed by atoms with van der Waals surface area (Å²) in [6, 6.07) is 13.9. The quantitative estimate of drug-likeness (QED) is 0.559. The summed E-state index contributed by atoms with van der Waals surface area (Å²) < 4.78 is 3.84. The predicted octanol–water partition coefficient (Wildman–Crippen LogP) is 3.08. The first-order chi connectivity index (χ1) is 14.7. The number of para-hydroxylation sites is 1. The van der Waals surface area contributed by atoms with Crippen molar-refractivity contribution in [3.05, 3.63) is 78.5 Å². The van der Waals surface area contributed by atoms with Gasteiger partial charge in [-0.3, -0.25) is 4.79 Å². The Morgan fingerprint density at radius 3 is 2.93 bits per heavy atom. The summed E-state index contributed by atoms with van der Waals surface area (Å²) in [6.45, 7) is 4.50. The molecule has 7 nitrogen and oxygen atoms in total. The molecule has 30 heavy (non-hydrogen) atoms. The van der Waals surface area contributed by atoms with Gasteiger partial charge < -0.3 is 14.6 Å². The van der Waals surface area contributed by atoms with Gasteiger partial charge in [0.1, 0.15) is 0 Å². The van der Waals surface area contributed by atoms with E-state index in [2.05, 4.69) is 30.8 Å². The number of rotatable bonds is 5. The molecule has 1 aliphatic rings. The first kappa shape index (κ1) is 18.4. The van der Waals surface area contributed by atoms with E-state index in [1.807, 2.05) is 62.0 Å². The van der Waals surface area contributed by atoms with Crippen molar-refractivity contribution in [2.45, 2.75) is 13.3 Å². The fourth-order valence-electron chi connectivity index (χ4n) is 4.12. The van der Waals surface area contributed by atoms with Crippen molar-refractivity contribution in [3.63, 3.8) is 0 Å². The van der Waals surface area contributed by atoms with Crippen LogP contribution in [0.1, 0.15) is 22.5 Å². The van der Waals surface area contributed by atoms with Crippen LogP contribution < -0.4 is 10.2 Å². The second-order valence-corrected chi connectivity index (χ2v) is 7.79. The Kier molecular flexibility index (Phi) is 4.71. The fourth-order valence-corrected chi connectivity index (χ4v) is 4.12. The summed E-state index contributed by atoms with van der Waals surface area (Å²) in [6.07, 6.45) is 8.69. The molecule has 5 rings (SSSR count). The molecule has 0 bridgehead atoms. The van der Waals surface area contributed by atoms with Gasteiger partial charge in [0, 0.05) is 44.4 Å². The third-order valence-corrected chi connectivity index (χ3v) is 5.75. The smallest absolute Gasteiger partial charge is 0.271 e. The number of aromatic nitrogens is 4. The second-order valence-electron chi connectivity index (χ2n) is 7.79. The van der Waals surface area contributed by atoms with Gasteiger partial charge in [-0.05, 0) is 49.1 Å². The van der Waals surface area contributed by atoms with Gasteiger partial charge in [-0.25, -0.2) is 9.67 Å². The number of fused-ring (bicyclic) bond motifs is 1. The summed E-state index contributed by atoms with van der Waals surface area (Å²) in [4.78, 5) is 19.5. The second kappa shape index (κ2) is 7.67. The summed E-state index contributed by atoms with van der Waals surface area (Å²) in [5.41, 5.74) is 3.65. The van der Waals surface area contributed by atoms with Crippen molar-refractivity contribution < 1.29 is 4.79 Å². The van der Waals surface area contributed by atoms with E-state index in [1.54, 1.807) is 10.7 Å². The van der Waals surface area contributed by atoms with Crippen molar-refractivity contribution in [1.82, 2.24) is 24.5 Å². The van der Waals surface area contributed by atoms with Crippen LogP contribution >= 0.6 is 0 Å². The van der Waals surface area contributed by atoms with Crippen molar-refractivity contribution in [2.75, 3.05) is 24.5 Å². The molecule has 4 heterocycles. The molecule has 4 aromatic rings. The Morgan fingerprint density at radius 2 is 2.03 bits per heavy atom. The fraction of sp³-hybridized carbons (Fsp3) is 0.261. The number of nitrogens with one attached hydrogen (secondary N) is 1. The van der Waals surface area contributed by atoms with Crippen LogP contribution in [0.5, 0.6) is 0 Å². The number of nitrogens with zero attached hydrogens (tertiary/aromatic N) is 5. The van der Waals surface area contributed by atoms with Gasteiger partial charge in [-0.15, -0.1) is 0 Å². The molecule has 1 amide bonds. The van der Waals surface area contributed by atoms with Crippen molar-refractivity contribution in [1.29, 1.82) is 0 Å². The summed E-state index contributed by atoms with van der Waals surface area (Å²) in [7, 11) is 0. The minimum atomic E-state index is -0.132. The highest BCUT2D eigenvalue weighted by Crippen LogP contribution is 2.25. The molecule has 0 unspecified atom stereocenters. The summed E-state index contributed by atoms with van der Waals surface area (Å²) in [5, 5.41) is 7.52. The molecule has 0 radical (unpaired) electrons. The van der Waals surface area contributed by atoms with E-state index in [0.29, 0.717) is 18.2 Å². The highest BCUT2D eigenvalue weighted by Gasteiger charge is 2.25. The van der Waals surface area contributed by atoms with Gasteiger partial charge in [-0.1, -0.05) is 18.2 Å². The lowest BCUT2D eigenvalue weighted by atomic mass is 10.1. The van der Waals surface area contributed by atoms with Crippen molar-refractivity contribution in [2.24, 2.45) is 5.92 Å². The maximum atomic E-state index is 12.6. The molecule has 1 aromatic carbocycles. The normalized spacial score (nSPS) is 16.3. The minimum Gasteiger partial charge on any atom is -0.355 e. The number of amides is 1. The zero-order valence-corrected chi connectivity index (χ0v) is 16.9. The molecule has 0 spiro atoms. The Labute approximate surface area is 175 Å². The Bertz CT molecular complexity index is 1190. The maximum Gasteiger partial charge on any atom is 0.271 e. The average molecular weight is 400 g/mol. The summed E-state index contributed by atoms with van der Waals surface area (Å²) >= 11 is 0. The number of carbonyl (C=O) groups is 1. The third kappa shape index (κ3) is 3.43. The van der Waals surface area contributed by atoms with Crippen LogP contribution in [0.15, 0.2) is 67.3 Å². The van der Waals surface area contributed by atoms with Gasteiger partial charge in [0.25, 0.3) is 5.91 Å². The SMILES string of the molecule is Cc1ccccc1-n1ccc(C(=O)NC[C@H]2CCN(c3nccn4cccc34)C2)n1. The Balaban J connectivity index is 1.21. The number of hydrogen-bond acceptors (Lipinski definition) is 4. The van der Waals surface area contributed by atoms with Crippen LogP contribution in [-0.2, 0) is 0 Å². The van der Waals surface area contributed by atoms with E-state index in [9.17, 15) is 4.79 Å². The van der Waals surface area contributed by atoms with Gasteiger partial charge >= 0.3 is 0 Å². The lowest BCUT2D eigenvalue weighted by Gasteiger charge is -2.18. The van der Waals surface area contributed by atoms with Gasteiger partial charge in [-0.2, -0.15) is 5.10 Å². The number of benzene rings is 1. The number of anilines is 1. The predicted molar refractivity (Wildman–Crippen MR) is 116 cm³/mol. The van der Waals surface area contributed by atoms with Crippen LogP contribution in [0.3, 0.4) is 0 Å². The Morgan fingerprint density at radius 1 is 1.13 bits per heavy atom. The number of hydrogen-bond donors (Lipinski definition) is 1. The van der Waals surface area contributed by atoms with Crippen LogP contribution in [-0.4, -0.2) is 44.7 Å². The highest BCUT2D eigenvalue weighted by molar-refractivity contribution is 5.92. The van der Waals surface area contributed by atoms with E-state index >= 15 is 0 Å². The van der Waals surface area contributed by atoms with E-state index in [1.165, 1.54) is 0 Å². The minimum absolute atomic E-state index is 0.132. The monoisotopic (exact) mass is 400 g/mol. The average Bonchev–Trinajstić information content (AvgIpc) is 3.52. The lowest BCUT2D eigenvalue weighted by molar-refractivity contribution is 0.0943. The number of carbonyl (C=O) groups excluding carboxylic acids is 1. The first-order valence-electron chi connectivity index (χ1n) is 10.3. The largest absolute Gasteiger partial charge is 0.355 e. The standard InChI is InChI=1S/C23H24N6O/c1-17-5-2-3-6-20(17)29-13-9-19(26-29)23(30)25-15-18-8-12-28(16-18)22-21-7-4-11-27(21)14-10-24-22/h2-7,9-11,13-14,18H,8,12,15-16H2,1H3,(H,25,30)/t18-/m1/s1. The molecule has 1 saturated heterocycles. The molecule has 1 N–H and O–H groups in total. The van der Waals surface area contributed by atoms with Gasteiger partial charge in [0.05, 0.1) is 11.2 Å². The molecule has 3 aromatic heterocycles. The third-order valence-electron chi connectivity index (χ3n) is 5.75. The Hall–Kier alpha value is -3.61. The van der Waals surface area contributed by atoms with Crippen LogP contribution in [0.25, 0.3) is 11.2 Å². The molecule has 152 valence electrons. The lowest BCUT2D eigenvalue weighted by Crippen LogP contribution is -2.31. The molecule has 0 aliphatic carbocycles. The molecule has 1 atom stereocenters. The molecule has 1 fully saturated rings. The highest BCUT2D eigenvalue weighted by atomic mass is 16.1. The molecular weight excluding hydrogens is 376 g/mol. The van der Waals surface area contributed by atoms with Crippen LogP contribution in [0.2, 0.25) is 0 Å². The molecule has 0 saturated carbocycles. The maximum absolute atomic E-state index is 12.6. The van der Waals surface area contributed by atoms with E-state index < -0.39 is 0 Å².